The molecular weight excluding hydrogens is 416 g/mol. The van der Waals surface area contributed by atoms with Crippen LogP contribution < -0.4 is 19.1 Å². The third kappa shape index (κ3) is 4.34. The lowest BCUT2D eigenvalue weighted by Crippen LogP contribution is -2.26. The van der Waals surface area contributed by atoms with Crippen molar-refractivity contribution in [3.05, 3.63) is 72.3 Å². The van der Waals surface area contributed by atoms with Crippen LogP contribution in [0, 0.1) is 0 Å². The number of rotatable bonds is 5. The van der Waals surface area contributed by atoms with E-state index in [1.165, 1.54) is 7.05 Å². The Morgan fingerprint density at radius 3 is 2.42 bits per heavy atom. The maximum absolute atomic E-state index is 13.1. The molecule has 0 aromatic heterocycles. The molecule has 4 rings (SSSR count). The number of nitrogens with one attached hydrogen (secondary N) is 1. The summed E-state index contributed by atoms with van der Waals surface area (Å²) in [4.78, 5) is 13.1. The predicted molar refractivity (Wildman–Crippen MR) is 121 cm³/mol. The molecule has 0 fully saturated rings. The maximum atomic E-state index is 13.1. The molecule has 0 unspecified atom stereocenters. The molecule has 0 saturated heterocycles. The summed E-state index contributed by atoms with van der Waals surface area (Å²) >= 11 is 0. The Hall–Kier alpha value is -3.52. The Morgan fingerprint density at radius 2 is 1.68 bits per heavy atom. The number of para-hydroxylation sites is 1. The van der Waals surface area contributed by atoms with Crippen molar-refractivity contribution in [2.45, 2.75) is 0 Å². The highest BCUT2D eigenvalue weighted by Gasteiger charge is 2.23. The minimum Gasteiger partial charge on any atom is -0.486 e. The lowest BCUT2D eigenvalue weighted by molar-refractivity contribution is 0.101. The monoisotopic (exact) mass is 438 g/mol. The van der Waals surface area contributed by atoms with E-state index in [-0.39, 0.29) is 0 Å². The van der Waals surface area contributed by atoms with Gasteiger partial charge in [-0.05, 0) is 35.4 Å². The van der Waals surface area contributed by atoms with Gasteiger partial charge in [0.15, 0.2) is 11.5 Å². The average molecular weight is 439 g/mol. The first-order valence-electron chi connectivity index (χ1n) is 9.68. The molecule has 3 aromatic rings. The highest BCUT2D eigenvalue weighted by Crippen LogP contribution is 2.36. The zero-order valence-electron chi connectivity index (χ0n) is 17.2. The number of nitrogens with zero attached hydrogens (tertiary/aromatic N) is 1. The van der Waals surface area contributed by atoms with Crippen LogP contribution in [0.4, 0.5) is 11.4 Å². The van der Waals surface area contributed by atoms with Gasteiger partial charge in [-0.2, -0.15) is 0 Å². The Balaban J connectivity index is 1.76. The summed E-state index contributed by atoms with van der Waals surface area (Å²) in [5.74, 6) is 0.463. The normalized spacial score (nSPS) is 12.8. The zero-order valence-corrected chi connectivity index (χ0v) is 18.0. The minimum absolute atomic E-state index is 0.315. The minimum atomic E-state index is -3.53. The molecule has 0 saturated carbocycles. The lowest BCUT2D eigenvalue weighted by Gasteiger charge is -2.23. The molecule has 0 aliphatic carbocycles. The van der Waals surface area contributed by atoms with Crippen LogP contribution in [0.15, 0.2) is 66.7 Å². The first-order chi connectivity index (χ1) is 14.8. The van der Waals surface area contributed by atoms with Gasteiger partial charge in [0.05, 0.1) is 23.2 Å². The van der Waals surface area contributed by atoms with Crippen molar-refractivity contribution < 1.29 is 22.7 Å². The van der Waals surface area contributed by atoms with E-state index in [0.717, 1.165) is 21.7 Å². The van der Waals surface area contributed by atoms with Gasteiger partial charge in [0, 0.05) is 7.05 Å². The number of carbonyl (C=O) groups excluding carboxylic acids is 1. The largest absolute Gasteiger partial charge is 0.486 e. The summed E-state index contributed by atoms with van der Waals surface area (Å²) in [5, 5.41) is 2.86. The Kier molecular flexibility index (Phi) is 5.56. The van der Waals surface area contributed by atoms with E-state index in [1.54, 1.807) is 30.3 Å². The maximum Gasteiger partial charge on any atom is 0.259 e. The summed E-state index contributed by atoms with van der Waals surface area (Å²) in [6.07, 6.45) is 1.11. The number of hydrogen-bond acceptors (Lipinski definition) is 5. The van der Waals surface area contributed by atoms with E-state index in [1.807, 2.05) is 36.4 Å². The summed E-state index contributed by atoms with van der Waals surface area (Å²) in [6.45, 7) is 0.767. The number of hydrogen-bond donors (Lipinski definition) is 1. The van der Waals surface area contributed by atoms with Crippen LogP contribution in [0.3, 0.4) is 0 Å². The third-order valence-electron chi connectivity index (χ3n) is 5.00. The number of ether oxygens (including phenoxy) is 2. The smallest absolute Gasteiger partial charge is 0.259 e. The number of sulfonamides is 1. The highest BCUT2D eigenvalue weighted by atomic mass is 32.2. The summed E-state index contributed by atoms with van der Waals surface area (Å²) in [6, 6.07) is 20.0. The van der Waals surface area contributed by atoms with Crippen LogP contribution in [0.1, 0.15) is 10.4 Å². The molecule has 0 bridgehead atoms. The second-order valence-electron chi connectivity index (χ2n) is 7.11. The fraction of sp³-hybridized carbons (Fsp3) is 0.174. The van der Waals surface area contributed by atoms with Crippen LogP contribution in [0.5, 0.6) is 11.5 Å². The van der Waals surface area contributed by atoms with Crippen molar-refractivity contribution in [2.24, 2.45) is 0 Å². The molecule has 31 heavy (non-hydrogen) atoms. The van der Waals surface area contributed by atoms with Crippen LogP contribution >= 0.6 is 0 Å². The van der Waals surface area contributed by atoms with Gasteiger partial charge in [-0.25, -0.2) is 8.42 Å². The number of anilines is 2. The van der Waals surface area contributed by atoms with Crippen molar-refractivity contribution in [3.8, 4) is 22.6 Å². The van der Waals surface area contributed by atoms with Crippen LogP contribution in [-0.2, 0) is 10.0 Å². The van der Waals surface area contributed by atoms with Crippen LogP contribution in [0.2, 0.25) is 0 Å². The van der Waals surface area contributed by atoms with Crippen molar-refractivity contribution in [1.82, 2.24) is 0 Å². The molecular formula is C23H22N2O5S. The van der Waals surface area contributed by atoms with Crippen molar-refractivity contribution in [2.75, 3.05) is 36.1 Å². The average Bonchev–Trinajstić information content (AvgIpc) is 2.78. The van der Waals surface area contributed by atoms with E-state index in [4.69, 9.17) is 9.47 Å². The van der Waals surface area contributed by atoms with Gasteiger partial charge < -0.3 is 14.8 Å². The van der Waals surface area contributed by atoms with Gasteiger partial charge >= 0.3 is 0 Å². The van der Waals surface area contributed by atoms with Gasteiger partial charge in [0.1, 0.15) is 13.2 Å². The van der Waals surface area contributed by atoms with E-state index in [2.05, 4.69) is 5.32 Å². The van der Waals surface area contributed by atoms with Crippen LogP contribution in [0.25, 0.3) is 11.1 Å². The molecule has 8 heteroatoms. The van der Waals surface area contributed by atoms with Crippen molar-refractivity contribution in [1.29, 1.82) is 0 Å². The molecule has 160 valence electrons. The topological polar surface area (TPSA) is 84.9 Å². The Bertz CT molecular complexity index is 1230. The van der Waals surface area contributed by atoms with Crippen molar-refractivity contribution in [3.63, 3.8) is 0 Å². The molecule has 0 radical (unpaired) electrons. The van der Waals surface area contributed by atoms with E-state index < -0.39 is 15.9 Å². The Morgan fingerprint density at radius 1 is 0.935 bits per heavy atom. The second-order valence-corrected chi connectivity index (χ2v) is 9.13. The summed E-state index contributed by atoms with van der Waals surface area (Å²) < 4.78 is 36.7. The number of carbonyl (C=O) groups is 1. The molecule has 3 aromatic carbocycles. The quantitative estimate of drug-likeness (QED) is 0.655. The lowest BCUT2D eigenvalue weighted by atomic mass is 10.0. The second kappa shape index (κ2) is 8.31. The number of benzene rings is 3. The highest BCUT2D eigenvalue weighted by molar-refractivity contribution is 7.92. The van der Waals surface area contributed by atoms with Crippen molar-refractivity contribution >= 4 is 27.3 Å². The number of fused-ring (bicyclic) bond motifs is 1. The SMILES string of the molecule is CN(c1ccc(-c2ccccc2)cc1NC(=O)c1cccc2c1OCCO2)S(C)(=O)=O. The molecule has 1 heterocycles. The first-order valence-corrected chi connectivity index (χ1v) is 11.5. The van der Waals surface area contributed by atoms with Gasteiger partial charge in [0.2, 0.25) is 10.0 Å². The zero-order chi connectivity index (χ0) is 22.0. The fourth-order valence-electron chi connectivity index (χ4n) is 3.34. The summed E-state index contributed by atoms with van der Waals surface area (Å²) in [7, 11) is -2.09. The molecule has 1 amide bonds. The molecule has 0 spiro atoms. The van der Waals surface area contributed by atoms with Gasteiger partial charge in [-0.1, -0.05) is 42.5 Å². The van der Waals surface area contributed by atoms with Gasteiger partial charge in [0.25, 0.3) is 5.91 Å². The van der Waals surface area contributed by atoms with E-state index in [9.17, 15) is 13.2 Å². The molecule has 1 aliphatic rings. The van der Waals surface area contributed by atoms with E-state index >= 15 is 0 Å². The fourth-order valence-corrected chi connectivity index (χ4v) is 3.86. The molecule has 0 atom stereocenters. The van der Waals surface area contributed by atoms with Gasteiger partial charge in [-0.15, -0.1) is 0 Å². The Labute approximate surface area is 181 Å². The third-order valence-corrected chi connectivity index (χ3v) is 6.19. The first kappa shape index (κ1) is 20.7. The summed E-state index contributed by atoms with van der Waals surface area (Å²) in [5.41, 5.74) is 2.83. The molecule has 1 N–H and O–H groups in total. The van der Waals surface area contributed by atoms with Crippen LogP contribution in [-0.4, -0.2) is 40.8 Å². The predicted octanol–water partition coefficient (Wildman–Crippen LogP) is 3.77. The molecule has 7 nitrogen and oxygen atoms in total. The molecule has 1 aliphatic heterocycles. The number of amides is 1. The van der Waals surface area contributed by atoms with Gasteiger partial charge in [-0.3, -0.25) is 9.10 Å². The van der Waals surface area contributed by atoms with E-state index in [0.29, 0.717) is 41.7 Å². The standard InChI is InChI=1S/C23H22N2O5S/c1-25(31(2,27)28)20-12-11-17(16-7-4-3-5-8-16)15-19(20)24-23(26)18-9-6-10-21-22(18)30-14-13-29-21/h3-12,15H,13-14H2,1-2H3,(H,24,26).